The van der Waals surface area contributed by atoms with E-state index in [1.54, 1.807) is 0 Å². The van der Waals surface area contributed by atoms with Gasteiger partial charge in [-0.15, -0.1) is 0 Å². The lowest BCUT2D eigenvalue weighted by atomic mass is 9.86. The van der Waals surface area contributed by atoms with Crippen LogP contribution in [0.3, 0.4) is 0 Å². The SMILES string of the molecule is CCCC(CC)Nc1ccc(C2=C(c3ccc(N)cc3C)CCCc3cc(N)ccc32)cc1. The van der Waals surface area contributed by atoms with Gasteiger partial charge in [0.25, 0.3) is 0 Å². The van der Waals surface area contributed by atoms with E-state index in [9.17, 15) is 0 Å². The molecule has 0 bridgehead atoms. The highest BCUT2D eigenvalue weighted by Gasteiger charge is 2.21. The first-order chi connectivity index (χ1) is 16.0. The Labute approximate surface area is 198 Å². The van der Waals surface area contributed by atoms with Crippen molar-refractivity contribution in [2.45, 2.75) is 65.3 Å². The fourth-order valence-corrected chi connectivity index (χ4v) is 5.13. The smallest absolute Gasteiger partial charge is 0.0342 e. The zero-order valence-electron chi connectivity index (χ0n) is 20.2. The number of aryl methyl sites for hydroxylation is 2. The Balaban J connectivity index is 1.84. The van der Waals surface area contributed by atoms with Crippen LogP contribution in [0.15, 0.2) is 60.7 Å². The van der Waals surface area contributed by atoms with Gasteiger partial charge in [0, 0.05) is 23.1 Å². The van der Waals surface area contributed by atoms with Crippen molar-refractivity contribution < 1.29 is 0 Å². The average Bonchev–Trinajstić information content (AvgIpc) is 2.98. The van der Waals surface area contributed by atoms with Crippen LogP contribution in [-0.2, 0) is 6.42 Å². The van der Waals surface area contributed by atoms with Gasteiger partial charge in [-0.2, -0.15) is 0 Å². The second kappa shape index (κ2) is 10.2. The third-order valence-corrected chi connectivity index (χ3v) is 6.82. The molecule has 0 radical (unpaired) electrons. The first-order valence-electron chi connectivity index (χ1n) is 12.4. The largest absolute Gasteiger partial charge is 0.399 e. The van der Waals surface area contributed by atoms with Crippen LogP contribution in [0.5, 0.6) is 0 Å². The summed E-state index contributed by atoms with van der Waals surface area (Å²) in [5.41, 5.74) is 24.2. The van der Waals surface area contributed by atoms with E-state index >= 15 is 0 Å². The Morgan fingerprint density at radius 1 is 0.848 bits per heavy atom. The van der Waals surface area contributed by atoms with Gasteiger partial charge in [0.15, 0.2) is 0 Å². The standard InChI is InChI=1S/C30H37N3/c1-4-7-25(5-2)33-26-14-10-21(11-15-26)30-28-17-13-24(32)19-22(28)8-6-9-29(30)27-16-12-23(31)18-20(27)3/h10-19,25,33H,4-9,31-32H2,1-3H3. The Morgan fingerprint density at radius 2 is 1.55 bits per heavy atom. The number of benzene rings is 3. The zero-order valence-corrected chi connectivity index (χ0v) is 20.2. The predicted octanol–water partition coefficient (Wildman–Crippen LogP) is 7.45. The van der Waals surface area contributed by atoms with Crippen molar-refractivity contribution in [1.29, 1.82) is 0 Å². The van der Waals surface area contributed by atoms with Crippen LogP contribution in [0, 0.1) is 6.92 Å². The van der Waals surface area contributed by atoms with Crippen LogP contribution < -0.4 is 16.8 Å². The number of anilines is 3. The average molecular weight is 440 g/mol. The first-order valence-corrected chi connectivity index (χ1v) is 12.4. The molecule has 0 saturated carbocycles. The molecule has 3 aromatic carbocycles. The zero-order chi connectivity index (χ0) is 23.4. The number of nitrogens with one attached hydrogen (secondary N) is 1. The van der Waals surface area contributed by atoms with E-state index in [0.29, 0.717) is 6.04 Å². The molecule has 1 atom stereocenters. The van der Waals surface area contributed by atoms with Crippen LogP contribution in [0.2, 0.25) is 0 Å². The number of allylic oxidation sites excluding steroid dienone is 1. The Kier molecular flexibility index (Phi) is 7.08. The summed E-state index contributed by atoms with van der Waals surface area (Å²) in [6.45, 7) is 6.66. The molecule has 1 aliphatic carbocycles. The number of nitrogens with two attached hydrogens (primary N) is 2. The molecule has 33 heavy (non-hydrogen) atoms. The van der Waals surface area contributed by atoms with Crippen LogP contribution in [0.25, 0.3) is 11.1 Å². The quantitative estimate of drug-likeness (QED) is 0.335. The lowest BCUT2D eigenvalue weighted by molar-refractivity contribution is 0.623. The van der Waals surface area contributed by atoms with E-state index in [4.69, 9.17) is 11.5 Å². The van der Waals surface area contributed by atoms with Crippen LogP contribution >= 0.6 is 0 Å². The van der Waals surface area contributed by atoms with E-state index in [0.717, 1.165) is 37.1 Å². The summed E-state index contributed by atoms with van der Waals surface area (Å²) in [6.07, 6.45) is 6.70. The highest BCUT2D eigenvalue weighted by molar-refractivity contribution is 6.00. The van der Waals surface area contributed by atoms with Gasteiger partial charge in [0.2, 0.25) is 0 Å². The lowest BCUT2D eigenvalue weighted by Gasteiger charge is -2.20. The summed E-state index contributed by atoms with van der Waals surface area (Å²) >= 11 is 0. The number of nitrogen functional groups attached to an aromatic ring is 2. The maximum absolute atomic E-state index is 6.17. The molecule has 3 aromatic rings. The summed E-state index contributed by atoms with van der Waals surface area (Å²) in [7, 11) is 0. The molecule has 0 fully saturated rings. The van der Waals surface area contributed by atoms with E-state index in [1.807, 2.05) is 12.1 Å². The second-order valence-electron chi connectivity index (χ2n) is 9.31. The van der Waals surface area contributed by atoms with Crippen molar-refractivity contribution >= 4 is 28.2 Å². The van der Waals surface area contributed by atoms with Gasteiger partial charge in [0.05, 0.1) is 0 Å². The molecule has 0 aliphatic heterocycles. The van der Waals surface area contributed by atoms with E-state index in [1.165, 1.54) is 57.5 Å². The second-order valence-corrected chi connectivity index (χ2v) is 9.31. The van der Waals surface area contributed by atoms with Crippen molar-refractivity contribution in [3.63, 3.8) is 0 Å². The van der Waals surface area contributed by atoms with Crippen molar-refractivity contribution in [3.05, 3.63) is 88.5 Å². The molecule has 0 heterocycles. The molecular formula is C30H37N3. The van der Waals surface area contributed by atoms with Crippen molar-refractivity contribution in [2.24, 2.45) is 0 Å². The predicted molar refractivity (Wildman–Crippen MR) is 144 cm³/mol. The van der Waals surface area contributed by atoms with Gasteiger partial charge in [-0.25, -0.2) is 0 Å². The molecular weight excluding hydrogens is 402 g/mol. The topological polar surface area (TPSA) is 64.1 Å². The van der Waals surface area contributed by atoms with Crippen LogP contribution in [0.4, 0.5) is 17.1 Å². The normalized spacial score (nSPS) is 14.5. The summed E-state index contributed by atoms with van der Waals surface area (Å²) in [5.74, 6) is 0. The number of hydrogen-bond donors (Lipinski definition) is 3. The fraction of sp³-hybridized carbons (Fsp3) is 0.333. The highest BCUT2D eigenvalue weighted by Crippen LogP contribution is 2.41. The summed E-state index contributed by atoms with van der Waals surface area (Å²) in [6, 6.07) is 22.2. The summed E-state index contributed by atoms with van der Waals surface area (Å²) in [5, 5.41) is 3.71. The van der Waals surface area contributed by atoms with Gasteiger partial charge in [0.1, 0.15) is 0 Å². The van der Waals surface area contributed by atoms with Crippen LogP contribution in [-0.4, -0.2) is 6.04 Å². The van der Waals surface area contributed by atoms with Gasteiger partial charge < -0.3 is 16.8 Å². The van der Waals surface area contributed by atoms with Crippen molar-refractivity contribution in [2.75, 3.05) is 16.8 Å². The van der Waals surface area contributed by atoms with E-state index in [2.05, 4.69) is 74.6 Å². The van der Waals surface area contributed by atoms with E-state index in [-0.39, 0.29) is 0 Å². The minimum absolute atomic E-state index is 0.523. The summed E-state index contributed by atoms with van der Waals surface area (Å²) in [4.78, 5) is 0. The molecule has 0 spiro atoms. The molecule has 0 amide bonds. The number of rotatable bonds is 7. The van der Waals surface area contributed by atoms with Gasteiger partial charge >= 0.3 is 0 Å². The monoisotopic (exact) mass is 439 g/mol. The Bertz CT molecular complexity index is 1140. The fourth-order valence-electron chi connectivity index (χ4n) is 5.13. The van der Waals surface area contributed by atoms with Gasteiger partial charge in [-0.1, -0.05) is 44.5 Å². The van der Waals surface area contributed by atoms with Gasteiger partial charge in [-0.3, -0.25) is 0 Å². The molecule has 0 saturated heterocycles. The molecule has 3 heteroatoms. The Hall–Kier alpha value is -3.20. The minimum Gasteiger partial charge on any atom is -0.399 e. The lowest BCUT2D eigenvalue weighted by Crippen LogP contribution is -2.17. The third-order valence-electron chi connectivity index (χ3n) is 6.82. The molecule has 1 unspecified atom stereocenters. The maximum atomic E-state index is 6.17. The maximum Gasteiger partial charge on any atom is 0.0342 e. The highest BCUT2D eigenvalue weighted by atomic mass is 14.9. The Morgan fingerprint density at radius 3 is 2.21 bits per heavy atom. The molecule has 1 aliphatic rings. The number of fused-ring (bicyclic) bond motifs is 1. The van der Waals surface area contributed by atoms with Crippen molar-refractivity contribution in [1.82, 2.24) is 0 Å². The first kappa shape index (κ1) is 23.0. The molecule has 3 nitrogen and oxygen atoms in total. The van der Waals surface area contributed by atoms with Crippen molar-refractivity contribution in [3.8, 4) is 0 Å². The minimum atomic E-state index is 0.523. The van der Waals surface area contributed by atoms with E-state index < -0.39 is 0 Å². The van der Waals surface area contributed by atoms with Gasteiger partial charge in [-0.05, 0) is 114 Å². The molecule has 0 aromatic heterocycles. The molecule has 172 valence electrons. The summed E-state index contributed by atoms with van der Waals surface area (Å²) < 4.78 is 0. The molecule has 5 N–H and O–H groups in total. The van der Waals surface area contributed by atoms with Crippen LogP contribution in [0.1, 0.15) is 73.8 Å². The number of hydrogen-bond acceptors (Lipinski definition) is 3. The molecule has 4 rings (SSSR count). The third kappa shape index (κ3) is 5.08.